The van der Waals surface area contributed by atoms with Gasteiger partial charge in [-0.3, -0.25) is 9.88 Å². The summed E-state index contributed by atoms with van der Waals surface area (Å²) in [7, 11) is 0. The van der Waals surface area contributed by atoms with Crippen LogP contribution in [0.25, 0.3) is 0 Å². The van der Waals surface area contributed by atoms with Crippen LogP contribution in [-0.4, -0.2) is 46.0 Å². The summed E-state index contributed by atoms with van der Waals surface area (Å²) < 4.78 is 13.1. The van der Waals surface area contributed by atoms with Crippen LogP contribution in [0.1, 0.15) is 25.0 Å². The summed E-state index contributed by atoms with van der Waals surface area (Å²) in [5, 5.41) is 0. The second-order valence-electron chi connectivity index (χ2n) is 7.01. The molecule has 0 bridgehead atoms. The van der Waals surface area contributed by atoms with Crippen LogP contribution in [0.2, 0.25) is 0 Å². The van der Waals surface area contributed by atoms with E-state index >= 15 is 0 Å². The van der Waals surface area contributed by atoms with Gasteiger partial charge in [0.05, 0.1) is 18.1 Å². The van der Waals surface area contributed by atoms with Gasteiger partial charge in [-0.25, -0.2) is 14.4 Å². The maximum Gasteiger partial charge on any atom is 0.225 e. The van der Waals surface area contributed by atoms with Crippen LogP contribution in [0.15, 0.2) is 36.8 Å². The maximum atomic E-state index is 13.1. The Balaban J connectivity index is 1.43. The van der Waals surface area contributed by atoms with Crippen molar-refractivity contribution >= 4 is 5.95 Å². The molecule has 24 heavy (non-hydrogen) atoms. The lowest BCUT2D eigenvalue weighted by molar-refractivity contribution is 0.214. The van der Waals surface area contributed by atoms with E-state index in [9.17, 15) is 4.39 Å². The molecule has 1 atom stereocenters. The van der Waals surface area contributed by atoms with Crippen molar-refractivity contribution in [3.8, 4) is 0 Å². The van der Waals surface area contributed by atoms with E-state index in [0.29, 0.717) is 11.4 Å². The molecule has 2 saturated heterocycles. The van der Waals surface area contributed by atoms with E-state index in [4.69, 9.17) is 0 Å². The molecule has 2 aliphatic rings. The molecule has 2 aromatic heterocycles. The normalized spacial score (nSPS) is 24.6. The Morgan fingerprint density at radius 1 is 1.04 bits per heavy atom. The monoisotopic (exact) mass is 327 g/mol. The minimum atomic E-state index is -0.382. The molecule has 0 amide bonds. The zero-order valence-corrected chi connectivity index (χ0v) is 13.7. The van der Waals surface area contributed by atoms with Gasteiger partial charge in [0, 0.05) is 37.8 Å². The van der Waals surface area contributed by atoms with Crippen molar-refractivity contribution in [1.29, 1.82) is 0 Å². The van der Waals surface area contributed by atoms with Crippen molar-refractivity contribution in [2.24, 2.45) is 5.41 Å². The first kappa shape index (κ1) is 15.4. The number of nitrogens with zero attached hydrogens (tertiary/aromatic N) is 5. The number of rotatable bonds is 3. The maximum absolute atomic E-state index is 13.1. The van der Waals surface area contributed by atoms with E-state index in [0.717, 1.165) is 44.8 Å². The highest BCUT2D eigenvalue weighted by molar-refractivity contribution is 5.30. The summed E-state index contributed by atoms with van der Waals surface area (Å²) in [4.78, 5) is 17.5. The Bertz CT molecular complexity index is 678. The van der Waals surface area contributed by atoms with Gasteiger partial charge in [-0.15, -0.1) is 0 Å². The molecule has 2 aromatic rings. The Morgan fingerprint density at radius 3 is 2.71 bits per heavy atom. The summed E-state index contributed by atoms with van der Waals surface area (Å²) >= 11 is 0. The average molecular weight is 327 g/mol. The van der Waals surface area contributed by atoms with Crippen molar-refractivity contribution in [2.75, 3.05) is 31.1 Å². The average Bonchev–Trinajstić information content (AvgIpc) is 2.98. The smallest absolute Gasteiger partial charge is 0.225 e. The molecule has 0 unspecified atom stereocenters. The van der Waals surface area contributed by atoms with Gasteiger partial charge in [0.15, 0.2) is 5.82 Å². The third-order valence-electron chi connectivity index (χ3n) is 5.18. The van der Waals surface area contributed by atoms with Gasteiger partial charge in [0.25, 0.3) is 0 Å². The number of aromatic nitrogens is 3. The van der Waals surface area contributed by atoms with Crippen molar-refractivity contribution in [2.45, 2.75) is 25.8 Å². The molecule has 2 aliphatic heterocycles. The van der Waals surface area contributed by atoms with Crippen LogP contribution in [0.3, 0.4) is 0 Å². The van der Waals surface area contributed by atoms with E-state index in [1.54, 1.807) is 0 Å². The van der Waals surface area contributed by atoms with Gasteiger partial charge in [-0.1, -0.05) is 6.07 Å². The number of likely N-dealkylation sites (tertiary alicyclic amines) is 1. The fourth-order valence-corrected chi connectivity index (χ4v) is 4.06. The predicted octanol–water partition coefficient (Wildman–Crippen LogP) is 2.50. The Hall–Kier alpha value is -2.08. The minimum absolute atomic E-state index is 0.296. The lowest BCUT2D eigenvalue weighted by atomic mass is 9.79. The zero-order chi connectivity index (χ0) is 16.4. The molecule has 0 aliphatic carbocycles. The van der Waals surface area contributed by atoms with Crippen molar-refractivity contribution in [3.63, 3.8) is 0 Å². The van der Waals surface area contributed by atoms with Crippen molar-refractivity contribution in [3.05, 3.63) is 48.3 Å². The van der Waals surface area contributed by atoms with Gasteiger partial charge in [0.2, 0.25) is 5.95 Å². The largest absolute Gasteiger partial charge is 0.340 e. The van der Waals surface area contributed by atoms with E-state index in [1.165, 1.54) is 25.2 Å². The van der Waals surface area contributed by atoms with Gasteiger partial charge >= 0.3 is 0 Å². The van der Waals surface area contributed by atoms with Gasteiger partial charge in [-0.2, -0.15) is 0 Å². The number of anilines is 1. The van der Waals surface area contributed by atoms with Crippen LogP contribution in [-0.2, 0) is 6.54 Å². The fraction of sp³-hybridized carbons (Fsp3) is 0.500. The minimum Gasteiger partial charge on any atom is -0.340 e. The topological polar surface area (TPSA) is 45.2 Å². The van der Waals surface area contributed by atoms with Crippen LogP contribution in [0.5, 0.6) is 0 Å². The molecule has 4 rings (SSSR count). The van der Waals surface area contributed by atoms with E-state index in [1.807, 2.05) is 18.3 Å². The second-order valence-corrected chi connectivity index (χ2v) is 7.01. The number of piperidine rings is 1. The van der Waals surface area contributed by atoms with Gasteiger partial charge in [0.1, 0.15) is 0 Å². The molecule has 5 nitrogen and oxygen atoms in total. The predicted molar refractivity (Wildman–Crippen MR) is 90.0 cm³/mol. The van der Waals surface area contributed by atoms with Crippen LogP contribution in [0, 0.1) is 11.2 Å². The van der Waals surface area contributed by atoms with Crippen LogP contribution >= 0.6 is 0 Å². The SMILES string of the molecule is Fc1cnc(N2CCC[C@@]3(CCN(Cc4ccccn4)C3)C2)nc1. The quantitative estimate of drug-likeness (QED) is 0.867. The molecule has 6 heteroatoms. The summed E-state index contributed by atoms with van der Waals surface area (Å²) in [5.41, 5.74) is 1.43. The lowest BCUT2D eigenvalue weighted by Gasteiger charge is -2.40. The first-order chi connectivity index (χ1) is 11.7. The number of halogens is 1. The summed E-state index contributed by atoms with van der Waals surface area (Å²) in [5.74, 6) is 0.270. The van der Waals surface area contributed by atoms with E-state index < -0.39 is 0 Å². The third kappa shape index (κ3) is 3.24. The molecule has 0 aromatic carbocycles. The fourth-order valence-electron chi connectivity index (χ4n) is 4.06. The van der Waals surface area contributed by atoms with Gasteiger partial charge in [-0.05, 0) is 37.9 Å². The standard InChI is InChI=1S/C18H22FN5/c19-15-10-21-17(22-11-15)24-8-3-5-18(14-24)6-9-23(13-18)12-16-4-1-2-7-20-16/h1-2,4,7,10-11H,3,5-6,8-9,12-14H2/t18-/m0/s1. The van der Waals surface area contributed by atoms with Crippen LogP contribution in [0.4, 0.5) is 10.3 Å². The molecule has 0 N–H and O–H groups in total. The molecule has 1 spiro atoms. The van der Waals surface area contributed by atoms with Crippen molar-refractivity contribution in [1.82, 2.24) is 19.9 Å². The summed E-state index contributed by atoms with van der Waals surface area (Å²) in [6, 6.07) is 6.09. The molecule has 0 radical (unpaired) electrons. The van der Waals surface area contributed by atoms with Crippen molar-refractivity contribution < 1.29 is 4.39 Å². The number of hydrogen-bond acceptors (Lipinski definition) is 5. The Labute approximate surface area is 141 Å². The second kappa shape index (κ2) is 6.43. The van der Waals surface area contributed by atoms with E-state index in [2.05, 4.69) is 30.8 Å². The van der Waals surface area contributed by atoms with E-state index in [-0.39, 0.29) is 5.82 Å². The highest BCUT2D eigenvalue weighted by Gasteiger charge is 2.41. The molecule has 2 fully saturated rings. The first-order valence-electron chi connectivity index (χ1n) is 8.57. The molecular weight excluding hydrogens is 305 g/mol. The first-order valence-corrected chi connectivity index (χ1v) is 8.57. The number of hydrogen-bond donors (Lipinski definition) is 0. The lowest BCUT2D eigenvalue weighted by Crippen LogP contribution is -2.45. The molecule has 0 saturated carbocycles. The molecular formula is C18H22FN5. The summed E-state index contributed by atoms with van der Waals surface area (Å²) in [6.45, 7) is 5.01. The highest BCUT2D eigenvalue weighted by atomic mass is 19.1. The Kier molecular flexibility index (Phi) is 4.14. The molecule has 126 valence electrons. The van der Waals surface area contributed by atoms with Gasteiger partial charge < -0.3 is 4.90 Å². The zero-order valence-electron chi connectivity index (χ0n) is 13.7. The highest BCUT2D eigenvalue weighted by Crippen LogP contribution is 2.40. The molecule has 4 heterocycles. The van der Waals surface area contributed by atoms with Crippen LogP contribution < -0.4 is 4.90 Å². The third-order valence-corrected chi connectivity index (χ3v) is 5.18. The summed E-state index contributed by atoms with van der Waals surface area (Å²) in [6.07, 6.45) is 7.94. The Morgan fingerprint density at radius 2 is 1.92 bits per heavy atom. The number of pyridine rings is 1.